The van der Waals surface area contributed by atoms with E-state index in [1.54, 1.807) is 48.5 Å². The summed E-state index contributed by atoms with van der Waals surface area (Å²) in [5.74, 6) is -1.32. The highest BCUT2D eigenvalue weighted by Gasteiger charge is 2.30. The molecule has 7 nitrogen and oxygen atoms in total. The molecule has 2 N–H and O–H groups in total. The van der Waals surface area contributed by atoms with Gasteiger partial charge in [0.2, 0.25) is 5.91 Å². The largest absolute Gasteiger partial charge is 0.449 e. The van der Waals surface area contributed by atoms with Gasteiger partial charge in [-0.2, -0.15) is 0 Å². The van der Waals surface area contributed by atoms with Crippen LogP contribution in [0, 0.1) is 0 Å². The van der Waals surface area contributed by atoms with E-state index in [1.807, 2.05) is 54.6 Å². The Hall–Kier alpha value is -5.04. The van der Waals surface area contributed by atoms with Crippen molar-refractivity contribution < 1.29 is 23.9 Å². The zero-order chi connectivity index (χ0) is 28.1. The lowest BCUT2D eigenvalue weighted by atomic mass is 9.98. The number of ketones is 2. The first-order valence-corrected chi connectivity index (χ1v) is 13.0. The maximum absolute atomic E-state index is 13.2. The van der Waals surface area contributed by atoms with Crippen LogP contribution in [0.2, 0.25) is 0 Å². The van der Waals surface area contributed by atoms with Crippen molar-refractivity contribution in [3.8, 4) is 11.1 Å². The Morgan fingerprint density at radius 3 is 1.98 bits per heavy atom. The summed E-state index contributed by atoms with van der Waals surface area (Å²) in [5.41, 5.74) is 5.38. The smallest absolute Gasteiger partial charge is 0.407 e. The minimum absolute atomic E-state index is 0.0721. The Bertz CT molecular complexity index is 1540. The van der Waals surface area contributed by atoms with E-state index in [2.05, 4.69) is 10.6 Å². The van der Waals surface area contributed by atoms with Gasteiger partial charge in [0.05, 0.1) is 5.69 Å². The van der Waals surface area contributed by atoms with Gasteiger partial charge < -0.3 is 15.4 Å². The highest BCUT2D eigenvalue weighted by atomic mass is 16.5. The Morgan fingerprint density at radius 1 is 0.750 bits per heavy atom. The number of carbonyl (C=O) groups is 4. The van der Waals surface area contributed by atoms with E-state index in [0.717, 1.165) is 22.3 Å². The molecule has 0 bridgehead atoms. The van der Waals surface area contributed by atoms with Crippen molar-refractivity contribution in [3.63, 3.8) is 0 Å². The second kappa shape index (κ2) is 11.8. The monoisotopic (exact) mass is 532 g/mol. The Morgan fingerprint density at radius 2 is 1.32 bits per heavy atom. The number of carbonyl (C=O) groups excluding carboxylic acids is 4. The van der Waals surface area contributed by atoms with Crippen LogP contribution in [-0.4, -0.2) is 36.2 Å². The number of rotatable bonds is 9. The molecule has 1 atom stereocenters. The highest BCUT2D eigenvalue weighted by molar-refractivity contribution is 6.14. The highest BCUT2D eigenvalue weighted by Crippen LogP contribution is 2.44. The predicted octanol–water partition coefficient (Wildman–Crippen LogP) is 5.74. The molecule has 40 heavy (non-hydrogen) atoms. The van der Waals surface area contributed by atoms with Crippen LogP contribution in [0.4, 0.5) is 10.5 Å². The first kappa shape index (κ1) is 26.6. The first-order chi connectivity index (χ1) is 19.4. The van der Waals surface area contributed by atoms with Crippen molar-refractivity contribution in [2.45, 2.75) is 25.3 Å². The summed E-state index contributed by atoms with van der Waals surface area (Å²) in [7, 11) is 0. The van der Waals surface area contributed by atoms with E-state index in [0.29, 0.717) is 11.1 Å². The van der Waals surface area contributed by atoms with E-state index in [1.165, 1.54) is 6.92 Å². The summed E-state index contributed by atoms with van der Waals surface area (Å²) in [6.45, 7) is 1.41. The van der Waals surface area contributed by atoms with Gasteiger partial charge >= 0.3 is 6.09 Å². The molecular formula is C33H28N2O5. The van der Waals surface area contributed by atoms with Crippen LogP contribution in [0.15, 0.2) is 103 Å². The minimum atomic E-state index is -1.19. The number of hydrogen-bond donors (Lipinski definition) is 2. The number of para-hydroxylation sites is 1. The van der Waals surface area contributed by atoms with Crippen LogP contribution in [0.25, 0.3) is 11.1 Å². The third kappa shape index (κ3) is 5.68. The maximum Gasteiger partial charge on any atom is 0.407 e. The summed E-state index contributed by atoms with van der Waals surface area (Å²) in [5, 5.41) is 5.25. The lowest BCUT2D eigenvalue weighted by Crippen LogP contribution is -2.45. The molecule has 1 aliphatic rings. The van der Waals surface area contributed by atoms with E-state index in [-0.39, 0.29) is 36.2 Å². The molecule has 1 aliphatic carbocycles. The molecule has 1 unspecified atom stereocenters. The van der Waals surface area contributed by atoms with Crippen LogP contribution in [0.5, 0.6) is 0 Å². The summed E-state index contributed by atoms with van der Waals surface area (Å²) in [6, 6.07) is 30.1. The minimum Gasteiger partial charge on any atom is -0.449 e. The van der Waals surface area contributed by atoms with Crippen LogP contribution in [0.3, 0.4) is 0 Å². The van der Waals surface area contributed by atoms with Crippen molar-refractivity contribution in [1.29, 1.82) is 0 Å². The number of nitrogens with one attached hydrogen (secondary N) is 2. The van der Waals surface area contributed by atoms with Gasteiger partial charge in [-0.3, -0.25) is 14.4 Å². The average molecular weight is 533 g/mol. The van der Waals surface area contributed by atoms with E-state index in [4.69, 9.17) is 4.74 Å². The fourth-order valence-corrected chi connectivity index (χ4v) is 5.03. The van der Waals surface area contributed by atoms with Crippen LogP contribution in [-0.2, 0) is 14.3 Å². The Balaban J connectivity index is 1.28. The van der Waals surface area contributed by atoms with E-state index in [9.17, 15) is 19.2 Å². The molecule has 4 aromatic carbocycles. The summed E-state index contributed by atoms with van der Waals surface area (Å²) in [4.78, 5) is 51.1. The normalized spacial score (nSPS) is 12.5. The van der Waals surface area contributed by atoms with Gasteiger partial charge in [0, 0.05) is 23.5 Å². The molecule has 0 saturated heterocycles. The molecule has 0 aromatic heterocycles. The molecule has 0 spiro atoms. The third-order valence-electron chi connectivity index (χ3n) is 6.91. The lowest BCUT2D eigenvalue weighted by Gasteiger charge is -2.20. The fourth-order valence-electron chi connectivity index (χ4n) is 5.03. The third-order valence-corrected chi connectivity index (χ3v) is 6.91. The van der Waals surface area contributed by atoms with Crippen molar-refractivity contribution in [2.24, 2.45) is 0 Å². The fraction of sp³-hybridized carbons (Fsp3) is 0.152. The molecule has 0 saturated carbocycles. The molecule has 2 amide bonds. The Kier molecular flexibility index (Phi) is 7.82. The molecule has 7 heteroatoms. The molecule has 0 aliphatic heterocycles. The number of fused-ring (bicyclic) bond motifs is 3. The second-order valence-electron chi connectivity index (χ2n) is 9.66. The SMILES string of the molecule is CC(=O)CC(NC(=O)OCC1c2ccccc2-c2ccccc21)C(=O)Nc1ccccc1C(=O)c1ccccc1. The molecular weight excluding hydrogens is 504 g/mol. The number of ether oxygens (including phenoxy) is 1. The van der Waals surface area contributed by atoms with Crippen LogP contribution >= 0.6 is 0 Å². The summed E-state index contributed by atoms with van der Waals surface area (Å²) in [6.07, 6.45) is -1.04. The van der Waals surface area contributed by atoms with Gasteiger partial charge in [-0.25, -0.2) is 4.79 Å². The molecule has 5 rings (SSSR count). The summed E-state index contributed by atoms with van der Waals surface area (Å²) < 4.78 is 5.58. The number of alkyl carbamates (subject to hydrolysis) is 1. The van der Waals surface area contributed by atoms with Crippen molar-refractivity contribution in [1.82, 2.24) is 5.32 Å². The Labute approximate surface area is 232 Å². The number of anilines is 1. The number of amides is 2. The van der Waals surface area contributed by atoms with Gasteiger partial charge in [-0.1, -0.05) is 91.0 Å². The number of benzene rings is 4. The van der Waals surface area contributed by atoms with Crippen molar-refractivity contribution in [3.05, 3.63) is 125 Å². The molecule has 200 valence electrons. The standard InChI is InChI=1S/C33H28N2O5/c1-21(36)19-30(32(38)34-29-18-10-9-17-27(29)31(37)22-11-3-2-4-12-22)35-33(39)40-20-28-25-15-7-5-13-23(25)24-14-6-8-16-26(24)28/h2-18,28,30H,19-20H2,1H3,(H,34,38)(H,35,39). The van der Waals surface area contributed by atoms with Gasteiger partial charge in [0.15, 0.2) is 5.78 Å². The van der Waals surface area contributed by atoms with Gasteiger partial charge in [0.1, 0.15) is 18.4 Å². The van der Waals surface area contributed by atoms with Gasteiger partial charge in [-0.05, 0) is 41.3 Å². The second-order valence-corrected chi connectivity index (χ2v) is 9.66. The van der Waals surface area contributed by atoms with E-state index < -0.39 is 18.0 Å². The summed E-state index contributed by atoms with van der Waals surface area (Å²) >= 11 is 0. The molecule has 4 aromatic rings. The quantitative estimate of drug-likeness (QED) is 0.268. The van der Waals surface area contributed by atoms with E-state index >= 15 is 0 Å². The molecule has 0 fully saturated rings. The predicted molar refractivity (Wildman–Crippen MR) is 152 cm³/mol. The first-order valence-electron chi connectivity index (χ1n) is 13.0. The van der Waals surface area contributed by atoms with Gasteiger partial charge in [0.25, 0.3) is 0 Å². The zero-order valence-electron chi connectivity index (χ0n) is 21.9. The molecule has 0 heterocycles. The number of hydrogen-bond acceptors (Lipinski definition) is 5. The average Bonchev–Trinajstić information content (AvgIpc) is 3.29. The van der Waals surface area contributed by atoms with Crippen LogP contribution in [0.1, 0.15) is 46.3 Å². The maximum atomic E-state index is 13.2. The topological polar surface area (TPSA) is 102 Å². The van der Waals surface area contributed by atoms with Crippen molar-refractivity contribution in [2.75, 3.05) is 11.9 Å². The van der Waals surface area contributed by atoms with Crippen LogP contribution < -0.4 is 10.6 Å². The lowest BCUT2D eigenvalue weighted by molar-refractivity contribution is -0.123. The zero-order valence-corrected chi connectivity index (χ0v) is 21.9. The van der Waals surface area contributed by atoms with Gasteiger partial charge in [-0.15, -0.1) is 0 Å². The molecule has 0 radical (unpaired) electrons. The van der Waals surface area contributed by atoms with Crippen molar-refractivity contribution >= 4 is 29.3 Å². The number of Topliss-reactive ketones (excluding diaryl/α,β-unsaturated/α-hetero) is 1.